The lowest BCUT2D eigenvalue weighted by Crippen LogP contribution is -2.23. The predicted molar refractivity (Wildman–Crippen MR) is 47.0 cm³/mol. The average Bonchev–Trinajstić information content (AvgIpc) is 2.03. The normalized spacial score (nSPS) is 9.30. The highest BCUT2D eigenvalue weighted by Gasteiger charge is 1.88. The van der Waals surface area contributed by atoms with Crippen molar-refractivity contribution in [3.8, 4) is 0 Å². The summed E-state index contributed by atoms with van der Waals surface area (Å²) < 4.78 is 8.91. The second kappa shape index (κ2) is 11.8. The lowest BCUT2D eigenvalue weighted by molar-refractivity contribution is -0.0966. The number of nitrogens with two attached hydrogens (primary N) is 1. The third kappa shape index (κ3) is 15.7. The fourth-order valence-electron chi connectivity index (χ4n) is 0.0962. The molecule has 0 spiro atoms. The van der Waals surface area contributed by atoms with Gasteiger partial charge in [0.2, 0.25) is 6.41 Å². The maximum atomic E-state index is 5.03. The second-order valence-electron chi connectivity index (χ2n) is 1.84. The van der Waals surface area contributed by atoms with Crippen LogP contribution in [0, 0.1) is 0 Å². The van der Waals surface area contributed by atoms with Gasteiger partial charge in [-0.05, 0) is 0 Å². The standard InChI is InChI=1S/C3H9NO2.C3H10Si/c1-5-3(4)6-2;1-2-3-4/h3H,4H2,1-2H3;2-3H2,1,4H3. The molecule has 0 heterocycles. The highest BCUT2D eigenvalue weighted by molar-refractivity contribution is 6.08. The molecule has 3 nitrogen and oxygen atoms in total. The van der Waals surface area contributed by atoms with Crippen LogP contribution in [0.15, 0.2) is 0 Å². The fourth-order valence-corrected chi connectivity index (χ4v) is 0.0962. The topological polar surface area (TPSA) is 44.5 Å². The molecule has 0 amide bonds. The number of rotatable bonds is 3. The molecule has 0 unspecified atom stereocenters. The van der Waals surface area contributed by atoms with Gasteiger partial charge in [0.05, 0.1) is 0 Å². The molecule has 0 aromatic carbocycles. The lowest BCUT2D eigenvalue weighted by Gasteiger charge is -2.03. The van der Waals surface area contributed by atoms with E-state index < -0.39 is 6.41 Å². The fraction of sp³-hybridized carbons (Fsp3) is 1.00. The van der Waals surface area contributed by atoms with Gasteiger partial charge in [0.15, 0.2) is 0 Å². The van der Waals surface area contributed by atoms with Gasteiger partial charge >= 0.3 is 0 Å². The summed E-state index contributed by atoms with van der Waals surface area (Å²) in [6, 6.07) is 1.46. The van der Waals surface area contributed by atoms with Crippen LogP contribution >= 0.6 is 0 Å². The number of ether oxygens (including phenoxy) is 2. The number of methoxy groups -OCH3 is 2. The highest BCUT2D eigenvalue weighted by atomic mass is 28.1. The molecule has 10 heavy (non-hydrogen) atoms. The lowest BCUT2D eigenvalue weighted by atomic mass is 10.6. The molecule has 0 bridgehead atoms. The zero-order valence-corrected chi connectivity index (χ0v) is 9.39. The van der Waals surface area contributed by atoms with Crippen molar-refractivity contribution in [1.29, 1.82) is 0 Å². The Balaban J connectivity index is 0. The van der Waals surface area contributed by atoms with Crippen LogP contribution in [0.2, 0.25) is 6.04 Å². The highest BCUT2D eigenvalue weighted by Crippen LogP contribution is 1.74. The van der Waals surface area contributed by atoms with Crippen molar-refractivity contribution in [1.82, 2.24) is 0 Å². The van der Waals surface area contributed by atoms with Crippen LogP contribution < -0.4 is 5.73 Å². The Hall–Kier alpha value is 0.0969. The molecule has 0 atom stereocenters. The van der Waals surface area contributed by atoms with Gasteiger partial charge in [-0.3, -0.25) is 5.73 Å². The first-order valence-electron chi connectivity index (χ1n) is 3.54. The maximum Gasteiger partial charge on any atom is 0.212 e. The van der Waals surface area contributed by atoms with E-state index in [4.69, 9.17) is 5.73 Å². The predicted octanol–water partition coefficient (Wildman–Crippen LogP) is -0.298. The smallest absolute Gasteiger partial charge is 0.212 e. The van der Waals surface area contributed by atoms with Crippen molar-refractivity contribution in [3.05, 3.63) is 0 Å². The molecule has 0 aromatic rings. The summed E-state index contributed by atoms with van der Waals surface area (Å²) >= 11 is 0. The molecule has 4 heteroatoms. The minimum absolute atomic E-state index is 0.565. The van der Waals surface area contributed by atoms with Crippen LogP contribution in [0.25, 0.3) is 0 Å². The van der Waals surface area contributed by atoms with E-state index in [0.717, 1.165) is 0 Å². The Morgan fingerprint density at radius 2 is 1.70 bits per heavy atom. The van der Waals surface area contributed by atoms with Crippen molar-refractivity contribution in [2.24, 2.45) is 5.73 Å². The van der Waals surface area contributed by atoms with Crippen LogP contribution in [0.4, 0.5) is 0 Å². The monoisotopic (exact) mass is 165 g/mol. The van der Waals surface area contributed by atoms with Crippen LogP contribution in [-0.2, 0) is 9.47 Å². The molecule has 64 valence electrons. The molecule has 0 rings (SSSR count). The Labute approximate surface area is 66.3 Å². The third-order valence-electron chi connectivity index (χ3n) is 0.965. The second-order valence-corrected chi connectivity index (χ2v) is 2.84. The molecule has 0 saturated heterocycles. The van der Waals surface area contributed by atoms with Crippen LogP contribution in [0.3, 0.4) is 0 Å². The van der Waals surface area contributed by atoms with Crippen LogP contribution in [0.5, 0.6) is 0 Å². The first-order chi connectivity index (χ1) is 4.72. The third-order valence-corrected chi connectivity index (χ3v) is 1.96. The maximum absolute atomic E-state index is 5.03. The van der Waals surface area contributed by atoms with E-state index in [1.807, 2.05) is 0 Å². The van der Waals surface area contributed by atoms with Gasteiger partial charge in [-0.25, -0.2) is 0 Å². The summed E-state index contributed by atoms with van der Waals surface area (Å²) in [7, 11) is 4.35. The van der Waals surface area contributed by atoms with E-state index in [1.54, 1.807) is 0 Å². The Kier molecular flexibility index (Phi) is 15.1. The van der Waals surface area contributed by atoms with Gasteiger partial charge in [-0.15, -0.1) is 0 Å². The largest absolute Gasteiger partial charge is 0.343 e. The van der Waals surface area contributed by atoms with Crippen LogP contribution in [-0.4, -0.2) is 30.9 Å². The zero-order chi connectivity index (χ0) is 8.41. The van der Waals surface area contributed by atoms with Crippen molar-refractivity contribution in [3.63, 3.8) is 0 Å². The minimum atomic E-state index is -0.565. The molecule has 0 aliphatic rings. The van der Waals surface area contributed by atoms with E-state index in [9.17, 15) is 0 Å². The minimum Gasteiger partial charge on any atom is -0.343 e. The van der Waals surface area contributed by atoms with E-state index in [-0.39, 0.29) is 0 Å². The van der Waals surface area contributed by atoms with Crippen molar-refractivity contribution >= 4 is 10.2 Å². The van der Waals surface area contributed by atoms with Crippen LogP contribution in [0.1, 0.15) is 13.3 Å². The summed E-state index contributed by atoms with van der Waals surface area (Å²) in [6.45, 7) is 2.22. The van der Waals surface area contributed by atoms with Gasteiger partial charge < -0.3 is 9.47 Å². The van der Waals surface area contributed by atoms with Gasteiger partial charge in [0.1, 0.15) is 0 Å². The zero-order valence-electron chi connectivity index (χ0n) is 7.39. The first-order valence-corrected chi connectivity index (χ1v) is 4.95. The average molecular weight is 165 g/mol. The molecule has 0 aliphatic carbocycles. The number of hydrogen-bond donors (Lipinski definition) is 1. The quantitative estimate of drug-likeness (QED) is 0.461. The van der Waals surface area contributed by atoms with Crippen molar-refractivity contribution < 1.29 is 9.47 Å². The van der Waals surface area contributed by atoms with E-state index >= 15 is 0 Å². The van der Waals surface area contributed by atoms with Gasteiger partial charge in [0, 0.05) is 24.5 Å². The van der Waals surface area contributed by atoms with Gasteiger partial charge in [0.25, 0.3) is 0 Å². The van der Waals surface area contributed by atoms with Gasteiger partial charge in [-0.2, -0.15) is 0 Å². The molecule has 0 aromatic heterocycles. The summed E-state index contributed by atoms with van der Waals surface area (Å²) in [5.41, 5.74) is 5.03. The molecular weight excluding hydrogens is 146 g/mol. The Bertz CT molecular complexity index is 49.0. The van der Waals surface area contributed by atoms with E-state index in [0.29, 0.717) is 0 Å². The summed E-state index contributed by atoms with van der Waals surface area (Å²) in [4.78, 5) is 0. The van der Waals surface area contributed by atoms with E-state index in [2.05, 4.69) is 16.4 Å². The number of hydrogen-bond acceptors (Lipinski definition) is 3. The molecule has 2 N–H and O–H groups in total. The molecule has 0 radical (unpaired) electrons. The van der Waals surface area contributed by atoms with E-state index in [1.165, 1.54) is 36.9 Å². The Morgan fingerprint density at radius 3 is 1.70 bits per heavy atom. The molecule has 0 saturated carbocycles. The molecular formula is C6H19NO2Si. The van der Waals surface area contributed by atoms with Gasteiger partial charge in [-0.1, -0.05) is 19.4 Å². The van der Waals surface area contributed by atoms with Crippen molar-refractivity contribution in [2.45, 2.75) is 25.8 Å². The molecule has 0 fully saturated rings. The summed E-state index contributed by atoms with van der Waals surface area (Å²) in [6.07, 6.45) is 0.816. The van der Waals surface area contributed by atoms with Crippen molar-refractivity contribution in [2.75, 3.05) is 14.2 Å². The SMILES string of the molecule is CCC[SiH3].COC(N)OC. The molecule has 0 aliphatic heterocycles. The summed E-state index contributed by atoms with van der Waals surface area (Å²) in [5.74, 6) is 0. The Morgan fingerprint density at radius 1 is 1.40 bits per heavy atom. The first kappa shape index (κ1) is 12.7. The summed E-state index contributed by atoms with van der Waals surface area (Å²) in [5, 5.41) is 0.